The molecule has 1 aromatic heterocycles. The molecule has 1 aromatic rings. The summed E-state index contributed by atoms with van der Waals surface area (Å²) in [6.07, 6.45) is 6.14. The topological polar surface area (TPSA) is 154 Å². The van der Waals surface area contributed by atoms with Gasteiger partial charge in [-0.2, -0.15) is 19.2 Å². The molecule has 0 radical (unpaired) electrons. The Kier molecular flexibility index (Phi) is 7.05. The number of ether oxygens (including phenoxy) is 1. The second kappa shape index (κ2) is 8.33. The number of nitrogens with zero attached hydrogens (tertiary/aromatic N) is 1. The predicted molar refractivity (Wildman–Crippen MR) is 80.1 cm³/mol. The molecule has 2 unspecified atom stereocenters. The van der Waals surface area contributed by atoms with Gasteiger partial charge >= 0.3 is 13.9 Å². The van der Waals surface area contributed by atoms with Crippen molar-refractivity contribution in [3.05, 3.63) is 32.6 Å². The van der Waals surface area contributed by atoms with Crippen molar-refractivity contribution in [2.75, 3.05) is 13.7 Å². The Hall–Kier alpha value is -1.57. The minimum Gasteiger partial charge on any atom is -0.400 e. The molecule has 2 rings (SSSR count). The van der Waals surface area contributed by atoms with E-state index < -0.39 is 31.8 Å². The van der Waals surface area contributed by atoms with Crippen molar-refractivity contribution < 1.29 is 29.0 Å². The first-order valence-electron chi connectivity index (χ1n) is 6.44. The molecule has 0 spiro atoms. The van der Waals surface area contributed by atoms with Crippen LogP contribution < -0.4 is 11.2 Å². The SMILES string of the molecule is C#Cc1cn(C2CCC(CO[P+](O)(O)O)O2)c(=O)[nH]c1=O.CO. The largest absolute Gasteiger partial charge is 0.567 e. The second-order valence-electron chi connectivity index (χ2n) is 4.45. The Morgan fingerprint density at radius 1 is 1.43 bits per heavy atom. The Labute approximate surface area is 131 Å². The summed E-state index contributed by atoms with van der Waals surface area (Å²) in [6.45, 7) is -0.228. The molecule has 0 amide bonds. The Bertz CT molecular complexity index is 671. The maximum absolute atomic E-state index is 11.7. The molecule has 10 nitrogen and oxygen atoms in total. The first kappa shape index (κ1) is 19.5. The van der Waals surface area contributed by atoms with Crippen molar-refractivity contribution in [3.63, 3.8) is 0 Å². The van der Waals surface area contributed by atoms with Gasteiger partial charge in [0, 0.05) is 13.3 Å². The lowest BCUT2D eigenvalue weighted by Gasteiger charge is -2.15. The third-order valence-corrected chi connectivity index (χ3v) is 3.45. The predicted octanol–water partition coefficient (Wildman–Crippen LogP) is -1.52. The highest BCUT2D eigenvalue weighted by Crippen LogP contribution is 2.46. The Morgan fingerprint density at radius 2 is 2.09 bits per heavy atom. The van der Waals surface area contributed by atoms with Crippen LogP contribution in [0.15, 0.2) is 15.8 Å². The molecule has 0 aromatic carbocycles. The zero-order chi connectivity index (χ0) is 17.6. The molecule has 11 heteroatoms. The molecular formula is C12H18N2O8P+. The highest BCUT2D eigenvalue weighted by molar-refractivity contribution is 7.53. The van der Waals surface area contributed by atoms with Crippen LogP contribution in [0.3, 0.4) is 0 Å². The van der Waals surface area contributed by atoms with E-state index in [-0.39, 0.29) is 12.2 Å². The zero-order valence-electron chi connectivity index (χ0n) is 12.2. The van der Waals surface area contributed by atoms with Crippen LogP contribution >= 0.6 is 8.17 Å². The van der Waals surface area contributed by atoms with E-state index in [1.807, 2.05) is 0 Å². The van der Waals surface area contributed by atoms with Gasteiger partial charge in [-0.3, -0.25) is 14.3 Å². The summed E-state index contributed by atoms with van der Waals surface area (Å²) in [5.41, 5.74) is -1.30. The Balaban J connectivity index is 0.00000127. The van der Waals surface area contributed by atoms with Gasteiger partial charge in [0.05, 0.1) is 6.10 Å². The third kappa shape index (κ3) is 5.53. The first-order valence-corrected chi connectivity index (χ1v) is 8.01. The van der Waals surface area contributed by atoms with Gasteiger partial charge < -0.3 is 9.84 Å². The third-order valence-electron chi connectivity index (χ3n) is 2.95. The van der Waals surface area contributed by atoms with E-state index in [9.17, 15) is 9.59 Å². The molecule has 23 heavy (non-hydrogen) atoms. The number of aliphatic hydroxyl groups excluding tert-OH is 1. The van der Waals surface area contributed by atoms with Gasteiger partial charge in [0.2, 0.25) is 0 Å². The average molecular weight is 349 g/mol. The van der Waals surface area contributed by atoms with Gasteiger partial charge in [-0.1, -0.05) is 5.92 Å². The smallest absolute Gasteiger partial charge is 0.400 e. The van der Waals surface area contributed by atoms with E-state index >= 15 is 0 Å². The second-order valence-corrected chi connectivity index (χ2v) is 5.74. The fourth-order valence-corrected chi connectivity index (χ4v) is 2.37. The van der Waals surface area contributed by atoms with Crippen LogP contribution in [0.1, 0.15) is 24.6 Å². The summed E-state index contributed by atoms with van der Waals surface area (Å²) in [4.78, 5) is 51.4. The number of rotatable bonds is 4. The molecule has 1 fully saturated rings. The van der Waals surface area contributed by atoms with Crippen LogP contribution in [0.4, 0.5) is 0 Å². The number of hydrogen-bond acceptors (Lipinski definition) is 8. The van der Waals surface area contributed by atoms with Crippen molar-refractivity contribution in [2.24, 2.45) is 0 Å². The lowest BCUT2D eigenvalue weighted by atomic mass is 10.2. The molecule has 2 heterocycles. The molecule has 1 saturated heterocycles. The zero-order valence-corrected chi connectivity index (χ0v) is 13.1. The summed E-state index contributed by atoms with van der Waals surface area (Å²) >= 11 is 0. The average Bonchev–Trinajstić information content (AvgIpc) is 2.95. The Morgan fingerprint density at radius 3 is 2.65 bits per heavy atom. The van der Waals surface area contributed by atoms with Gasteiger partial charge in [0.25, 0.3) is 5.56 Å². The maximum atomic E-state index is 11.7. The summed E-state index contributed by atoms with van der Waals surface area (Å²) in [7, 11) is -3.31. The van der Waals surface area contributed by atoms with Crippen LogP contribution in [0.25, 0.3) is 0 Å². The van der Waals surface area contributed by atoms with Gasteiger partial charge in [-0.05, 0) is 12.8 Å². The van der Waals surface area contributed by atoms with Gasteiger partial charge in [0.15, 0.2) is 0 Å². The van der Waals surface area contributed by atoms with Crippen LogP contribution in [-0.4, -0.2) is 49.2 Å². The van der Waals surface area contributed by atoms with Gasteiger partial charge in [-0.15, -0.1) is 6.42 Å². The number of aromatic nitrogens is 2. The lowest BCUT2D eigenvalue weighted by Crippen LogP contribution is -2.33. The standard InChI is InChI=1S/C11H13N2O7P.CH4O/c1-2-7-5-13(11(15)12-10(7)14)9-4-3-8(20-9)6-19-21(16,17)18;1-2/h1,5,8-9,16-18H,3-4,6H2;2H,1H3/p+1. The molecule has 128 valence electrons. The van der Waals surface area contributed by atoms with E-state index in [4.69, 9.17) is 30.9 Å². The van der Waals surface area contributed by atoms with E-state index in [0.717, 1.165) is 11.7 Å². The molecule has 1 aliphatic rings. The summed E-state index contributed by atoms with van der Waals surface area (Å²) in [5.74, 6) is 2.16. The maximum Gasteiger partial charge on any atom is 0.567 e. The van der Waals surface area contributed by atoms with Gasteiger partial charge in [0.1, 0.15) is 18.4 Å². The normalized spacial score (nSPS) is 20.5. The van der Waals surface area contributed by atoms with E-state index in [2.05, 4.69) is 15.4 Å². The number of nitrogens with one attached hydrogen (secondary N) is 1. The van der Waals surface area contributed by atoms with E-state index in [1.165, 1.54) is 6.20 Å². The molecule has 1 aliphatic heterocycles. The minimum absolute atomic E-state index is 0.00363. The van der Waals surface area contributed by atoms with Crippen molar-refractivity contribution in [3.8, 4) is 12.3 Å². The monoisotopic (exact) mass is 349 g/mol. The van der Waals surface area contributed by atoms with Crippen molar-refractivity contribution in [1.82, 2.24) is 9.55 Å². The van der Waals surface area contributed by atoms with Crippen molar-refractivity contribution in [2.45, 2.75) is 25.2 Å². The van der Waals surface area contributed by atoms with E-state index in [1.54, 1.807) is 0 Å². The summed E-state index contributed by atoms with van der Waals surface area (Å²) in [5, 5.41) is 7.00. The highest BCUT2D eigenvalue weighted by atomic mass is 31.2. The number of terminal acetylenes is 1. The van der Waals surface area contributed by atoms with Crippen LogP contribution in [-0.2, 0) is 9.26 Å². The van der Waals surface area contributed by atoms with Gasteiger partial charge in [-0.25, -0.2) is 4.79 Å². The number of aromatic amines is 1. The number of H-pyrrole nitrogens is 1. The van der Waals surface area contributed by atoms with Crippen LogP contribution in [0.5, 0.6) is 0 Å². The molecule has 0 saturated carbocycles. The minimum atomic E-state index is -4.31. The number of hydrogen-bond donors (Lipinski definition) is 5. The summed E-state index contributed by atoms with van der Waals surface area (Å²) < 4.78 is 11.1. The lowest BCUT2D eigenvalue weighted by molar-refractivity contribution is -0.0271. The quantitative estimate of drug-likeness (QED) is 0.324. The first-order chi connectivity index (χ1) is 10.8. The van der Waals surface area contributed by atoms with Crippen molar-refractivity contribution in [1.29, 1.82) is 0 Å². The molecular weight excluding hydrogens is 331 g/mol. The fraction of sp³-hybridized carbons (Fsp3) is 0.500. The molecule has 5 N–H and O–H groups in total. The molecule has 0 aliphatic carbocycles. The number of aliphatic hydroxyl groups is 1. The highest BCUT2D eigenvalue weighted by Gasteiger charge is 2.37. The molecule has 2 atom stereocenters. The summed E-state index contributed by atoms with van der Waals surface area (Å²) in [6, 6.07) is 0. The van der Waals surface area contributed by atoms with Crippen molar-refractivity contribution >= 4 is 8.17 Å². The van der Waals surface area contributed by atoms with E-state index in [0.29, 0.717) is 12.8 Å². The van der Waals surface area contributed by atoms with Crippen LogP contribution in [0, 0.1) is 12.3 Å². The molecule has 0 bridgehead atoms. The van der Waals surface area contributed by atoms with Crippen LogP contribution in [0.2, 0.25) is 0 Å². The fourth-order valence-electron chi connectivity index (χ4n) is 2.00.